The van der Waals surface area contributed by atoms with Crippen LogP contribution in [0.15, 0.2) is 66.8 Å². The second kappa shape index (κ2) is 25.2. The van der Waals surface area contributed by atoms with Crippen molar-refractivity contribution in [1.29, 1.82) is 0 Å². The minimum Gasteiger partial charge on any atom is -0.493 e. The topological polar surface area (TPSA) is 213 Å². The van der Waals surface area contributed by atoms with Gasteiger partial charge >= 0.3 is 17.9 Å². The standard InChI is InChI=1S/C49H60O17/c1-56-39-24-32(43(47-45(39)63-29-65-47)44-36(49(55)58-3)25-40(57-2)46-48(44)66-30-64-46)27-62-42(54)28-60-23-22-59-20-11-21-61-41(53)15-10-5-4-9-14-34-35(38(52)26-37(34)51)19-18-33(50)17-16-31-12-7-6-8-13-31/h4,6-9,12-13,18-19,24-25,33-35,37-38,50-52H,5,10-11,14-17,20-23,26-30H2,1-3H3/b9-4-,19-18+/t33-,34+,35+,37-,38+/m1/s1. The summed E-state index contributed by atoms with van der Waals surface area (Å²) in [7, 11) is 4.13. The summed E-state index contributed by atoms with van der Waals surface area (Å²) >= 11 is 0. The van der Waals surface area contributed by atoms with Crippen molar-refractivity contribution in [3.63, 3.8) is 0 Å². The number of aliphatic hydroxyl groups is 3. The SMILES string of the molecule is COC(=O)c1cc(OC)c2c(c1-c1c(COC(=O)COCCOCCCOC(=O)CCC/C=C\C[C@H]3[C@H](/C=C/[C@H](O)CCc4ccccc4)[C@@H](O)C[C@H]3O)cc(OC)c3c1OCO3)OCO2. The molecule has 0 radical (unpaired) electrons. The number of rotatable bonds is 26. The molecule has 17 heteroatoms. The van der Waals surface area contributed by atoms with Gasteiger partial charge in [-0.25, -0.2) is 9.59 Å². The first kappa shape index (κ1) is 49.6. The zero-order valence-corrected chi connectivity index (χ0v) is 37.6. The van der Waals surface area contributed by atoms with E-state index in [1.165, 1.54) is 27.4 Å². The lowest BCUT2D eigenvalue weighted by Gasteiger charge is -2.19. The summed E-state index contributed by atoms with van der Waals surface area (Å²) in [5.74, 6) is -0.477. The molecule has 2 aliphatic heterocycles. The van der Waals surface area contributed by atoms with Crippen LogP contribution in [0.1, 0.15) is 66.4 Å². The number of aliphatic hydroxyl groups excluding tert-OH is 3. The van der Waals surface area contributed by atoms with Gasteiger partial charge in [0.05, 0.1) is 65.0 Å². The van der Waals surface area contributed by atoms with Crippen LogP contribution < -0.4 is 28.4 Å². The Labute approximate surface area is 384 Å². The summed E-state index contributed by atoms with van der Waals surface area (Å²) in [6, 6.07) is 13.0. The van der Waals surface area contributed by atoms with Crippen molar-refractivity contribution in [2.75, 3.05) is 67.9 Å². The van der Waals surface area contributed by atoms with Crippen molar-refractivity contribution in [3.8, 4) is 45.6 Å². The number of carbonyl (C=O) groups is 3. The van der Waals surface area contributed by atoms with Crippen LogP contribution in [-0.2, 0) is 46.3 Å². The second-order valence-electron chi connectivity index (χ2n) is 15.8. The highest BCUT2D eigenvalue weighted by atomic mass is 16.7. The highest BCUT2D eigenvalue weighted by Gasteiger charge is 2.40. The first-order valence-corrected chi connectivity index (χ1v) is 22.1. The third kappa shape index (κ3) is 13.2. The Hall–Kier alpha value is -5.85. The number of allylic oxidation sites excluding steroid dienone is 2. The van der Waals surface area contributed by atoms with Gasteiger partial charge in [-0.15, -0.1) is 0 Å². The number of methoxy groups -OCH3 is 3. The van der Waals surface area contributed by atoms with Gasteiger partial charge in [-0.1, -0.05) is 54.6 Å². The molecule has 3 aromatic rings. The number of carbonyl (C=O) groups excluding carboxylic acids is 3. The molecule has 1 aliphatic carbocycles. The Morgan fingerprint density at radius 1 is 0.773 bits per heavy atom. The highest BCUT2D eigenvalue weighted by molar-refractivity contribution is 6.03. The molecule has 3 aromatic carbocycles. The Bertz CT molecular complexity index is 2140. The maximum atomic E-state index is 13.1. The molecule has 6 rings (SSSR count). The van der Waals surface area contributed by atoms with E-state index in [1.807, 2.05) is 48.6 Å². The van der Waals surface area contributed by atoms with E-state index in [0.717, 1.165) is 12.0 Å². The molecule has 17 nitrogen and oxygen atoms in total. The van der Waals surface area contributed by atoms with E-state index in [0.29, 0.717) is 62.0 Å². The van der Waals surface area contributed by atoms with Gasteiger partial charge in [0, 0.05) is 48.5 Å². The first-order valence-electron chi connectivity index (χ1n) is 22.1. The zero-order valence-electron chi connectivity index (χ0n) is 37.6. The van der Waals surface area contributed by atoms with Crippen LogP contribution in [0.3, 0.4) is 0 Å². The van der Waals surface area contributed by atoms with Gasteiger partial charge in [0.1, 0.15) is 13.2 Å². The number of hydrogen-bond acceptors (Lipinski definition) is 17. The van der Waals surface area contributed by atoms with Crippen LogP contribution in [0, 0.1) is 11.8 Å². The average molecular weight is 921 g/mol. The van der Waals surface area contributed by atoms with E-state index in [9.17, 15) is 29.7 Å². The molecule has 0 saturated heterocycles. The van der Waals surface area contributed by atoms with Gasteiger partial charge < -0.3 is 67.4 Å². The molecular formula is C49H60O17. The number of benzene rings is 3. The van der Waals surface area contributed by atoms with Gasteiger partial charge in [-0.3, -0.25) is 4.79 Å². The van der Waals surface area contributed by atoms with E-state index < -0.39 is 30.3 Å². The van der Waals surface area contributed by atoms with Crippen molar-refractivity contribution in [3.05, 3.63) is 83.5 Å². The number of esters is 3. The van der Waals surface area contributed by atoms with Gasteiger partial charge in [-0.2, -0.15) is 0 Å². The third-order valence-corrected chi connectivity index (χ3v) is 11.4. The summed E-state index contributed by atoms with van der Waals surface area (Å²) in [6.07, 6.45) is 9.80. The predicted octanol–water partition coefficient (Wildman–Crippen LogP) is 5.65. The fourth-order valence-corrected chi connectivity index (χ4v) is 8.09. The van der Waals surface area contributed by atoms with Crippen LogP contribution in [-0.4, -0.2) is 119 Å². The number of hydrogen-bond donors (Lipinski definition) is 3. The van der Waals surface area contributed by atoms with Crippen molar-refractivity contribution in [2.24, 2.45) is 11.8 Å². The molecule has 1 saturated carbocycles. The minimum absolute atomic E-state index is 0.0865. The third-order valence-electron chi connectivity index (χ3n) is 11.4. The average Bonchev–Trinajstić information content (AvgIpc) is 4.09. The summed E-state index contributed by atoms with van der Waals surface area (Å²) in [5, 5.41) is 31.6. The van der Waals surface area contributed by atoms with Crippen molar-refractivity contribution >= 4 is 17.9 Å². The molecule has 0 spiro atoms. The van der Waals surface area contributed by atoms with Gasteiger partial charge in [0.15, 0.2) is 23.0 Å². The molecule has 5 atom stereocenters. The van der Waals surface area contributed by atoms with Crippen molar-refractivity contribution in [2.45, 2.75) is 76.3 Å². The summed E-state index contributed by atoms with van der Waals surface area (Å²) in [6.45, 7) is -0.0589. The Morgan fingerprint density at radius 3 is 2.20 bits per heavy atom. The van der Waals surface area contributed by atoms with Crippen LogP contribution in [0.4, 0.5) is 0 Å². The van der Waals surface area contributed by atoms with Crippen LogP contribution in [0.2, 0.25) is 0 Å². The molecule has 1 fully saturated rings. The van der Waals surface area contributed by atoms with Crippen molar-refractivity contribution < 1.29 is 81.8 Å². The number of aryl methyl sites for hydroxylation is 1. The van der Waals surface area contributed by atoms with E-state index in [1.54, 1.807) is 12.1 Å². The van der Waals surface area contributed by atoms with Crippen LogP contribution in [0.5, 0.6) is 34.5 Å². The van der Waals surface area contributed by atoms with Crippen molar-refractivity contribution in [1.82, 2.24) is 0 Å². The van der Waals surface area contributed by atoms with Crippen LogP contribution >= 0.6 is 0 Å². The quantitative estimate of drug-likeness (QED) is 0.0384. The van der Waals surface area contributed by atoms with Gasteiger partial charge in [-0.05, 0) is 55.7 Å². The molecule has 0 amide bonds. The first-order chi connectivity index (χ1) is 32.1. The number of fused-ring (bicyclic) bond motifs is 2. The smallest absolute Gasteiger partial charge is 0.338 e. The summed E-state index contributed by atoms with van der Waals surface area (Å²) in [4.78, 5) is 38.1. The van der Waals surface area contributed by atoms with E-state index in [-0.39, 0.29) is 111 Å². The predicted molar refractivity (Wildman–Crippen MR) is 237 cm³/mol. The molecule has 3 N–H and O–H groups in total. The molecule has 0 aromatic heterocycles. The normalized spacial score (nSPS) is 18.8. The summed E-state index contributed by atoms with van der Waals surface area (Å²) in [5.41, 5.74) is 2.26. The Morgan fingerprint density at radius 2 is 1.47 bits per heavy atom. The van der Waals surface area contributed by atoms with E-state index in [2.05, 4.69) is 0 Å². The minimum atomic E-state index is -0.686. The fraction of sp³-hybridized carbons (Fsp3) is 0.490. The second-order valence-corrected chi connectivity index (χ2v) is 15.8. The fourth-order valence-electron chi connectivity index (χ4n) is 8.09. The van der Waals surface area contributed by atoms with E-state index >= 15 is 0 Å². The summed E-state index contributed by atoms with van der Waals surface area (Å²) < 4.78 is 61.0. The molecule has 2 heterocycles. The molecule has 0 unspecified atom stereocenters. The molecule has 3 aliphatic rings. The Kier molecular flexibility index (Phi) is 18.9. The Balaban J connectivity index is 0.852. The van der Waals surface area contributed by atoms with Gasteiger partial charge in [0.25, 0.3) is 0 Å². The lowest BCUT2D eigenvalue weighted by molar-refractivity contribution is -0.150. The van der Waals surface area contributed by atoms with E-state index in [4.69, 9.17) is 52.1 Å². The molecule has 66 heavy (non-hydrogen) atoms. The molecular weight excluding hydrogens is 861 g/mol. The maximum absolute atomic E-state index is 13.1. The zero-order chi connectivity index (χ0) is 46.8. The lowest BCUT2D eigenvalue weighted by Crippen LogP contribution is -2.20. The largest absolute Gasteiger partial charge is 0.493 e. The lowest BCUT2D eigenvalue weighted by atomic mass is 9.89. The van der Waals surface area contributed by atoms with Crippen LogP contribution in [0.25, 0.3) is 11.1 Å². The molecule has 0 bridgehead atoms. The monoisotopic (exact) mass is 920 g/mol. The number of ether oxygens (including phenoxy) is 11. The van der Waals surface area contributed by atoms with Gasteiger partial charge in [0.2, 0.25) is 25.1 Å². The number of unbranched alkanes of at least 4 members (excludes halogenated alkanes) is 1. The highest BCUT2D eigenvalue weighted by Crippen LogP contribution is 2.56. The molecule has 358 valence electrons. The maximum Gasteiger partial charge on any atom is 0.338 e.